The van der Waals surface area contributed by atoms with Gasteiger partial charge in [0, 0.05) is 18.7 Å². The lowest BCUT2D eigenvalue weighted by atomic mass is 10.0. The second-order valence-corrected chi connectivity index (χ2v) is 6.80. The predicted octanol–water partition coefficient (Wildman–Crippen LogP) is 2.94. The van der Waals surface area contributed by atoms with Crippen LogP contribution in [0.4, 0.5) is 10.5 Å². The van der Waals surface area contributed by atoms with E-state index in [1.165, 1.54) is 0 Å². The molecule has 0 bridgehead atoms. The number of carbonyl (C=O) groups excluding carboxylic acids is 2. The van der Waals surface area contributed by atoms with E-state index in [1.807, 2.05) is 12.1 Å². The average Bonchev–Trinajstić information content (AvgIpc) is 3.08. The largest absolute Gasteiger partial charge is 0.497 e. The van der Waals surface area contributed by atoms with Crippen LogP contribution >= 0.6 is 0 Å². The smallest absolute Gasteiger partial charge is 0.414 e. The van der Waals surface area contributed by atoms with Crippen LogP contribution in [0.5, 0.6) is 5.75 Å². The maximum absolute atomic E-state index is 13.1. The van der Waals surface area contributed by atoms with Crippen LogP contribution in [0.1, 0.15) is 27.9 Å². The first kappa shape index (κ1) is 17.9. The van der Waals surface area contributed by atoms with Gasteiger partial charge in [-0.3, -0.25) is 9.69 Å². The van der Waals surface area contributed by atoms with E-state index in [-0.39, 0.29) is 18.0 Å². The molecule has 0 unspecified atom stereocenters. The first-order valence-electron chi connectivity index (χ1n) is 9.03. The lowest BCUT2D eigenvalue weighted by Gasteiger charge is -2.32. The van der Waals surface area contributed by atoms with Gasteiger partial charge in [0.05, 0.1) is 30.5 Å². The zero-order valence-electron chi connectivity index (χ0n) is 15.4. The molecule has 2 aliphatic heterocycles. The molecule has 7 nitrogen and oxygen atoms in total. The van der Waals surface area contributed by atoms with Crippen LogP contribution in [0.3, 0.4) is 0 Å². The van der Waals surface area contributed by atoms with E-state index in [4.69, 9.17) is 14.7 Å². The van der Waals surface area contributed by atoms with Gasteiger partial charge < -0.3 is 14.4 Å². The topological polar surface area (TPSA) is 82.9 Å². The molecular weight excluding hydrogens is 358 g/mol. The summed E-state index contributed by atoms with van der Waals surface area (Å²) in [4.78, 5) is 28.8. The predicted molar refractivity (Wildman–Crippen MR) is 101 cm³/mol. The Hall–Kier alpha value is -3.53. The summed E-state index contributed by atoms with van der Waals surface area (Å²) >= 11 is 0. The summed E-state index contributed by atoms with van der Waals surface area (Å²) in [5.74, 6) is 0.506. The summed E-state index contributed by atoms with van der Waals surface area (Å²) in [5, 5.41) is 9.11. The maximum atomic E-state index is 13.1. The van der Waals surface area contributed by atoms with Crippen molar-refractivity contribution >= 4 is 17.7 Å². The molecule has 2 amide bonds. The Kier molecular flexibility index (Phi) is 4.62. The monoisotopic (exact) mass is 377 g/mol. The minimum absolute atomic E-state index is 0.124. The number of benzene rings is 2. The molecule has 0 radical (unpaired) electrons. The van der Waals surface area contributed by atoms with Gasteiger partial charge in [-0.15, -0.1) is 0 Å². The molecule has 28 heavy (non-hydrogen) atoms. The van der Waals surface area contributed by atoms with Crippen molar-refractivity contribution in [2.24, 2.45) is 0 Å². The molecule has 1 fully saturated rings. The zero-order chi connectivity index (χ0) is 19.7. The van der Waals surface area contributed by atoms with Gasteiger partial charge in [-0.1, -0.05) is 6.07 Å². The highest BCUT2D eigenvalue weighted by Gasteiger charge is 2.37. The third kappa shape index (κ3) is 3.14. The highest BCUT2D eigenvalue weighted by Crippen LogP contribution is 2.34. The number of amides is 2. The van der Waals surface area contributed by atoms with Gasteiger partial charge in [0.1, 0.15) is 12.4 Å². The summed E-state index contributed by atoms with van der Waals surface area (Å²) in [5.41, 5.74) is 2.46. The Morgan fingerprint density at radius 2 is 2.14 bits per heavy atom. The van der Waals surface area contributed by atoms with Crippen molar-refractivity contribution in [1.82, 2.24) is 4.90 Å². The van der Waals surface area contributed by atoms with Crippen molar-refractivity contribution < 1.29 is 19.1 Å². The number of ether oxygens (including phenoxy) is 2. The first-order valence-corrected chi connectivity index (χ1v) is 9.03. The Labute approximate surface area is 162 Å². The summed E-state index contributed by atoms with van der Waals surface area (Å²) in [7, 11) is 1.58. The maximum Gasteiger partial charge on any atom is 0.414 e. The van der Waals surface area contributed by atoms with Crippen LogP contribution in [0, 0.1) is 11.3 Å². The van der Waals surface area contributed by atoms with E-state index in [1.54, 1.807) is 47.2 Å². The summed E-state index contributed by atoms with van der Waals surface area (Å²) in [6.45, 7) is 1.11. The van der Waals surface area contributed by atoms with E-state index in [9.17, 15) is 9.59 Å². The van der Waals surface area contributed by atoms with Crippen molar-refractivity contribution in [1.29, 1.82) is 5.26 Å². The van der Waals surface area contributed by atoms with Crippen LogP contribution in [0.15, 0.2) is 42.5 Å². The molecule has 2 aromatic carbocycles. The lowest BCUT2D eigenvalue weighted by Crippen LogP contribution is -2.42. The van der Waals surface area contributed by atoms with Crippen LogP contribution in [-0.4, -0.2) is 43.2 Å². The van der Waals surface area contributed by atoms with Crippen molar-refractivity contribution in [3.05, 3.63) is 59.2 Å². The van der Waals surface area contributed by atoms with Gasteiger partial charge in [0.15, 0.2) is 0 Å². The normalized spacial score (nSPS) is 18.3. The van der Waals surface area contributed by atoms with Crippen molar-refractivity contribution in [3.8, 4) is 11.8 Å². The number of cyclic esters (lactones) is 1. The number of carbonyl (C=O) groups is 2. The number of hydrogen-bond donors (Lipinski definition) is 0. The van der Waals surface area contributed by atoms with Gasteiger partial charge in [-0.05, 0) is 48.4 Å². The quantitative estimate of drug-likeness (QED) is 0.804. The average molecular weight is 377 g/mol. The number of methoxy groups -OCH3 is 1. The van der Waals surface area contributed by atoms with Crippen LogP contribution in [0.2, 0.25) is 0 Å². The van der Waals surface area contributed by atoms with Gasteiger partial charge >= 0.3 is 6.09 Å². The van der Waals surface area contributed by atoms with E-state index >= 15 is 0 Å². The van der Waals surface area contributed by atoms with E-state index in [2.05, 4.69) is 6.07 Å². The highest BCUT2D eigenvalue weighted by atomic mass is 16.6. The fourth-order valence-corrected chi connectivity index (χ4v) is 3.69. The zero-order valence-corrected chi connectivity index (χ0v) is 15.4. The number of fused-ring (bicyclic) bond motifs is 3. The molecule has 1 atom stereocenters. The first-order chi connectivity index (χ1) is 13.6. The Morgan fingerprint density at radius 3 is 2.93 bits per heavy atom. The SMILES string of the molecule is COc1ccc2c(c1)CN(C(=O)c1cccc(C#N)c1)CC[C@H]1COC(=O)N21. The number of nitriles is 1. The molecule has 4 rings (SSSR count). The third-order valence-electron chi connectivity index (χ3n) is 5.13. The molecule has 7 heteroatoms. The van der Waals surface area contributed by atoms with Crippen molar-refractivity contribution in [3.63, 3.8) is 0 Å². The Morgan fingerprint density at radius 1 is 1.29 bits per heavy atom. The van der Waals surface area contributed by atoms with Gasteiger partial charge in [-0.25, -0.2) is 4.79 Å². The van der Waals surface area contributed by atoms with Gasteiger partial charge in [0.25, 0.3) is 5.91 Å². The molecule has 0 aromatic heterocycles. The van der Waals surface area contributed by atoms with Crippen molar-refractivity contribution in [2.75, 3.05) is 25.2 Å². The molecule has 0 N–H and O–H groups in total. The third-order valence-corrected chi connectivity index (χ3v) is 5.13. The summed E-state index contributed by atoms with van der Waals surface area (Å²) in [6.07, 6.45) is 0.249. The fraction of sp³-hybridized carbons (Fsp3) is 0.286. The summed E-state index contributed by atoms with van der Waals surface area (Å²) in [6, 6.07) is 14.1. The molecular formula is C21H19N3O4. The van der Waals surface area contributed by atoms with E-state index in [0.29, 0.717) is 43.0 Å². The minimum Gasteiger partial charge on any atom is -0.497 e. The molecule has 0 aliphatic carbocycles. The minimum atomic E-state index is -0.363. The number of hydrogen-bond acceptors (Lipinski definition) is 5. The molecule has 142 valence electrons. The van der Waals surface area contributed by atoms with Crippen LogP contribution < -0.4 is 9.64 Å². The Bertz CT molecular complexity index is 982. The van der Waals surface area contributed by atoms with Gasteiger partial charge in [-0.2, -0.15) is 5.26 Å². The number of anilines is 1. The lowest BCUT2D eigenvalue weighted by molar-refractivity contribution is 0.0734. The second kappa shape index (κ2) is 7.24. The Balaban J connectivity index is 1.72. The molecule has 2 heterocycles. The molecule has 1 saturated heterocycles. The number of nitrogens with zero attached hydrogens (tertiary/aromatic N) is 3. The molecule has 0 spiro atoms. The van der Waals surface area contributed by atoms with Gasteiger partial charge in [0.2, 0.25) is 0 Å². The van der Waals surface area contributed by atoms with E-state index in [0.717, 1.165) is 11.3 Å². The fourth-order valence-electron chi connectivity index (χ4n) is 3.69. The molecule has 2 aliphatic rings. The molecule has 2 aromatic rings. The molecule has 0 saturated carbocycles. The number of rotatable bonds is 2. The van der Waals surface area contributed by atoms with Crippen molar-refractivity contribution in [2.45, 2.75) is 19.0 Å². The van der Waals surface area contributed by atoms with Crippen LogP contribution in [0.25, 0.3) is 0 Å². The highest BCUT2D eigenvalue weighted by molar-refractivity contribution is 5.95. The second-order valence-electron chi connectivity index (χ2n) is 6.80. The van der Waals surface area contributed by atoms with E-state index < -0.39 is 0 Å². The standard InChI is InChI=1S/C21H19N3O4/c1-27-18-5-6-19-16(10-18)12-23(8-7-17-13-28-21(26)24(17)19)20(25)15-4-2-3-14(9-15)11-22/h2-6,9-10,17H,7-8,12-13H2,1H3/t17-/m0/s1. The van der Waals surface area contributed by atoms with Crippen LogP contribution in [-0.2, 0) is 11.3 Å². The summed E-state index contributed by atoms with van der Waals surface area (Å²) < 4.78 is 10.6.